The van der Waals surface area contributed by atoms with E-state index in [-0.39, 0.29) is 10.7 Å². The highest BCUT2D eigenvalue weighted by molar-refractivity contribution is 8.00. The first-order valence-electron chi connectivity index (χ1n) is 8.28. The molecule has 1 N–H and O–H groups in total. The van der Waals surface area contributed by atoms with Gasteiger partial charge in [-0.2, -0.15) is 18.4 Å². The van der Waals surface area contributed by atoms with Gasteiger partial charge < -0.3 is 10.1 Å². The third kappa shape index (κ3) is 5.34. The van der Waals surface area contributed by atoms with Gasteiger partial charge in [-0.05, 0) is 38.5 Å². The van der Waals surface area contributed by atoms with E-state index in [2.05, 4.69) is 10.3 Å². The molecule has 0 aliphatic carbocycles. The molecule has 0 fully saturated rings. The number of hydrogen-bond donors (Lipinski definition) is 1. The summed E-state index contributed by atoms with van der Waals surface area (Å²) in [6.07, 6.45) is -4.70. The normalized spacial score (nSPS) is 12.2. The smallest absolute Gasteiger partial charge is 0.417 e. The fraction of sp³-hybridized carbons (Fsp3) is 0.316. The number of carbonyl (C=O) groups excluding carboxylic acids is 1. The molecule has 0 radical (unpaired) electrons. The van der Waals surface area contributed by atoms with E-state index < -0.39 is 28.5 Å². The van der Waals surface area contributed by atoms with Crippen LogP contribution in [0.25, 0.3) is 0 Å². The van der Waals surface area contributed by atoms with Crippen molar-refractivity contribution in [1.29, 1.82) is 5.26 Å². The minimum absolute atomic E-state index is 0.0985. The van der Waals surface area contributed by atoms with E-state index in [0.717, 1.165) is 17.8 Å². The first kappa shape index (κ1) is 22.8. The molecular weight excluding hydrogens is 427 g/mol. The molecule has 1 amide bonds. The van der Waals surface area contributed by atoms with Crippen LogP contribution < -0.4 is 10.1 Å². The van der Waals surface area contributed by atoms with Crippen molar-refractivity contribution >= 4 is 35.0 Å². The number of aryl methyl sites for hydroxylation is 2. The SMILES string of the molecule is COc1cc(Cl)c(C)cc1NC(=O)[C@H](C)Sc1nc(C)cc(C(F)(F)F)c1C#N. The lowest BCUT2D eigenvalue weighted by atomic mass is 10.1. The maximum Gasteiger partial charge on any atom is 0.417 e. The number of ether oxygens (including phenoxy) is 1. The van der Waals surface area contributed by atoms with Gasteiger partial charge in [0, 0.05) is 16.8 Å². The van der Waals surface area contributed by atoms with Crippen molar-refractivity contribution in [2.24, 2.45) is 0 Å². The van der Waals surface area contributed by atoms with E-state index in [1.54, 1.807) is 25.1 Å². The van der Waals surface area contributed by atoms with E-state index in [1.807, 2.05) is 0 Å². The van der Waals surface area contributed by atoms with Crippen LogP contribution in [0.1, 0.15) is 29.3 Å². The maximum atomic E-state index is 13.2. The number of halogens is 4. The molecule has 0 saturated heterocycles. The van der Waals surface area contributed by atoms with E-state index in [9.17, 15) is 23.2 Å². The standard InChI is InChI=1S/C19H17ClF3N3O2S/c1-9-5-15(16(28-4)7-14(9)20)26-17(27)11(3)29-18-12(8-24)13(19(21,22)23)6-10(2)25-18/h5-7,11H,1-4H3,(H,26,27)/t11-/m0/s1. The quantitative estimate of drug-likeness (QED) is 0.629. The van der Waals surface area contributed by atoms with Crippen molar-refractivity contribution in [3.63, 3.8) is 0 Å². The number of thioether (sulfide) groups is 1. The monoisotopic (exact) mass is 443 g/mol. The van der Waals surface area contributed by atoms with Crippen LogP contribution in [0.15, 0.2) is 23.2 Å². The highest BCUT2D eigenvalue weighted by Crippen LogP contribution is 2.37. The molecule has 1 aromatic heterocycles. The van der Waals surface area contributed by atoms with Crippen LogP contribution in [0.5, 0.6) is 5.75 Å². The van der Waals surface area contributed by atoms with Crippen LogP contribution in [0.3, 0.4) is 0 Å². The molecule has 1 heterocycles. The van der Waals surface area contributed by atoms with Crippen LogP contribution in [-0.2, 0) is 11.0 Å². The molecule has 0 bridgehead atoms. The molecule has 2 rings (SSSR count). The Kier molecular flexibility index (Phi) is 7.03. The topological polar surface area (TPSA) is 75.0 Å². The number of hydrogen-bond acceptors (Lipinski definition) is 5. The van der Waals surface area contributed by atoms with Gasteiger partial charge >= 0.3 is 6.18 Å². The molecule has 1 aromatic carbocycles. The summed E-state index contributed by atoms with van der Waals surface area (Å²) in [5, 5.41) is 11.4. The fourth-order valence-electron chi connectivity index (χ4n) is 2.45. The van der Waals surface area contributed by atoms with Crippen molar-refractivity contribution < 1.29 is 22.7 Å². The molecule has 5 nitrogen and oxygen atoms in total. The zero-order valence-electron chi connectivity index (χ0n) is 15.9. The molecule has 0 spiro atoms. The minimum atomic E-state index is -4.70. The molecule has 0 saturated carbocycles. The number of nitriles is 1. The highest BCUT2D eigenvalue weighted by atomic mass is 35.5. The van der Waals surface area contributed by atoms with E-state index in [4.69, 9.17) is 16.3 Å². The number of benzene rings is 1. The highest BCUT2D eigenvalue weighted by Gasteiger charge is 2.36. The van der Waals surface area contributed by atoms with E-state index in [0.29, 0.717) is 22.0 Å². The third-order valence-electron chi connectivity index (χ3n) is 3.93. The van der Waals surface area contributed by atoms with Crippen LogP contribution in [-0.4, -0.2) is 23.3 Å². The largest absolute Gasteiger partial charge is 0.495 e. The predicted molar refractivity (Wildman–Crippen MR) is 105 cm³/mol. The number of alkyl halides is 3. The third-order valence-corrected chi connectivity index (χ3v) is 5.42. The second-order valence-electron chi connectivity index (χ2n) is 6.15. The van der Waals surface area contributed by atoms with Crippen LogP contribution in [0.2, 0.25) is 5.02 Å². The molecule has 1 atom stereocenters. The lowest BCUT2D eigenvalue weighted by Crippen LogP contribution is -2.23. The molecule has 0 aliphatic heterocycles. The molecule has 0 unspecified atom stereocenters. The van der Waals surface area contributed by atoms with Crippen molar-refractivity contribution in [1.82, 2.24) is 4.98 Å². The number of amides is 1. The number of aromatic nitrogens is 1. The molecule has 29 heavy (non-hydrogen) atoms. The summed E-state index contributed by atoms with van der Waals surface area (Å²) in [5.41, 5.74) is -0.489. The summed E-state index contributed by atoms with van der Waals surface area (Å²) in [6.45, 7) is 4.66. The van der Waals surface area contributed by atoms with Gasteiger partial charge in [-0.1, -0.05) is 23.4 Å². The zero-order valence-corrected chi connectivity index (χ0v) is 17.5. The van der Waals surface area contributed by atoms with Gasteiger partial charge in [0.25, 0.3) is 0 Å². The molecule has 10 heteroatoms. The van der Waals surface area contributed by atoms with Gasteiger partial charge in [-0.3, -0.25) is 4.79 Å². The van der Waals surface area contributed by atoms with Crippen LogP contribution in [0, 0.1) is 25.2 Å². The molecule has 0 aliphatic rings. The Balaban J connectivity index is 2.31. The summed E-state index contributed by atoms with van der Waals surface area (Å²) in [6, 6.07) is 5.55. The number of methoxy groups -OCH3 is 1. The maximum absolute atomic E-state index is 13.2. The molecule has 2 aromatic rings. The number of nitrogens with one attached hydrogen (secondary N) is 1. The molecule has 154 valence electrons. The van der Waals surface area contributed by atoms with Crippen molar-refractivity contribution in [3.05, 3.63) is 45.6 Å². The average Bonchev–Trinajstić information content (AvgIpc) is 2.63. The number of rotatable bonds is 5. The zero-order chi connectivity index (χ0) is 21.9. The Bertz CT molecular complexity index is 990. The van der Waals surface area contributed by atoms with E-state index >= 15 is 0 Å². The summed E-state index contributed by atoms with van der Waals surface area (Å²) in [7, 11) is 1.42. The van der Waals surface area contributed by atoms with Gasteiger partial charge in [-0.25, -0.2) is 4.98 Å². The summed E-state index contributed by atoms with van der Waals surface area (Å²) in [5.74, 6) is -0.146. The number of carbonyl (C=O) groups is 1. The lowest BCUT2D eigenvalue weighted by Gasteiger charge is -2.17. The lowest BCUT2D eigenvalue weighted by molar-refractivity contribution is -0.138. The predicted octanol–water partition coefficient (Wildman–Crippen LogP) is 5.37. The van der Waals surface area contributed by atoms with Gasteiger partial charge in [0.2, 0.25) is 5.91 Å². The summed E-state index contributed by atoms with van der Waals surface area (Å²) < 4.78 is 44.9. The Labute approximate surface area is 175 Å². The minimum Gasteiger partial charge on any atom is -0.495 e. The first-order valence-corrected chi connectivity index (χ1v) is 9.54. The van der Waals surface area contributed by atoms with E-state index in [1.165, 1.54) is 21.0 Å². The van der Waals surface area contributed by atoms with Crippen molar-refractivity contribution in [2.45, 2.75) is 37.2 Å². The Morgan fingerprint density at radius 2 is 2.00 bits per heavy atom. The van der Waals surface area contributed by atoms with Gasteiger partial charge in [0.15, 0.2) is 0 Å². The average molecular weight is 444 g/mol. The first-order chi connectivity index (χ1) is 13.5. The van der Waals surface area contributed by atoms with Crippen LogP contribution in [0.4, 0.5) is 18.9 Å². The Morgan fingerprint density at radius 3 is 2.55 bits per heavy atom. The second-order valence-corrected chi connectivity index (χ2v) is 7.89. The van der Waals surface area contributed by atoms with Gasteiger partial charge in [-0.15, -0.1) is 0 Å². The van der Waals surface area contributed by atoms with Gasteiger partial charge in [0.1, 0.15) is 16.8 Å². The summed E-state index contributed by atoms with van der Waals surface area (Å²) in [4.78, 5) is 16.6. The number of pyridine rings is 1. The summed E-state index contributed by atoms with van der Waals surface area (Å²) >= 11 is 6.82. The Hall–Kier alpha value is -2.44. The van der Waals surface area contributed by atoms with Gasteiger partial charge in [0.05, 0.1) is 29.2 Å². The Morgan fingerprint density at radius 1 is 1.34 bits per heavy atom. The molecular formula is C19H17ClF3N3O2S. The fourth-order valence-corrected chi connectivity index (χ4v) is 3.57. The number of anilines is 1. The van der Waals surface area contributed by atoms with Crippen LogP contribution >= 0.6 is 23.4 Å². The number of nitrogens with zero attached hydrogens (tertiary/aromatic N) is 2. The second kappa shape index (κ2) is 8.93. The van der Waals surface area contributed by atoms with Crippen molar-refractivity contribution in [2.75, 3.05) is 12.4 Å². The van der Waals surface area contributed by atoms with Crippen molar-refractivity contribution in [3.8, 4) is 11.8 Å².